The molecule has 36 heavy (non-hydrogen) atoms. The topological polar surface area (TPSA) is 78.4 Å². The van der Waals surface area contributed by atoms with Gasteiger partial charge in [-0.25, -0.2) is 5.43 Å². The minimum atomic E-state index is -0.393. The number of amides is 1. The van der Waals surface area contributed by atoms with Gasteiger partial charge in [-0.3, -0.25) is 4.79 Å². The van der Waals surface area contributed by atoms with Gasteiger partial charge < -0.3 is 18.9 Å². The minimum Gasteiger partial charge on any atom is -0.493 e. The van der Waals surface area contributed by atoms with Crippen LogP contribution in [0, 0.1) is 0 Å². The van der Waals surface area contributed by atoms with E-state index in [2.05, 4.69) is 10.5 Å². The summed E-state index contributed by atoms with van der Waals surface area (Å²) in [6, 6.07) is 15.7. The van der Waals surface area contributed by atoms with Crippen LogP contribution in [-0.2, 0) is 6.61 Å². The zero-order chi connectivity index (χ0) is 25.9. The maximum absolute atomic E-state index is 12.6. The van der Waals surface area contributed by atoms with Crippen LogP contribution in [0.25, 0.3) is 0 Å². The molecule has 0 aliphatic rings. The monoisotopic (exact) mass is 530 g/mol. The Morgan fingerprint density at radius 2 is 1.72 bits per heavy atom. The Morgan fingerprint density at radius 1 is 0.944 bits per heavy atom. The molecule has 0 spiro atoms. The quantitative estimate of drug-likeness (QED) is 0.212. The molecular formula is C27H28Cl2N2O5. The lowest BCUT2D eigenvalue weighted by Gasteiger charge is -2.13. The maximum atomic E-state index is 12.6. The van der Waals surface area contributed by atoms with Crippen molar-refractivity contribution in [2.75, 3.05) is 20.3 Å². The first-order valence-electron chi connectivity index (χ1n) is 11.4. The van der Waals surface area contributed by atoms with Crippen molar-refractivity contribution in [3.63, 3.8) is 0 Å². The number of benzene rings is 3. The van der Waals surface area contributed by atoms with Crippen molar-refractivity contribution in [1.82, 2.24) is 5.43 Å². The molecule has 0 aliphatic heterocycles. The number of rotatable bonds is 12. The Morgan fingerprint density at radius 3 is 2.42 bits per heavy atom. The fourth-order valence-electron chi connectivity index (χ4n) is 3.17. The molecule has 1 amide bonds. The van der Waals surface area contributed by atoms with Crippen LogP contribution in [0.4, 0.5) is 0 Å². The van der Waals surface area contributed by atoms with Gasteiger partial charge in [0.1, 0.15) is 6.61 Å². The molecule has 190 valence electrons. The van der Waals surface area contributed by atoms with Crippen LogP contribution >= 0.6 is 23.2 Å². The normalized spacial score (nSPS) is 10.8. The van der Waals surface area contributed by atoms with E-state index in [9.17, 15) is 4.79 Å². The number of hydrogen-bond donors (Lipinski definition) is 1. The Kier molecular flexibility index (Phi) is 10.3. The van der Waals surface area contributed by atoms with Gasteiger partial charge in [0, 0.05) is 10.6 Å². The molecule has 3 aromatic carbocycles. The largest absolute Gasteiger partial charge is 0.493 e. The highest BCUT2D eigenvalue weighted by atomic mass is 35.5. The van der Waals surface area contributed by atoms with Crippen LogP contribution in [0.5, 0.6) is 23.0 Å². The second kappa shape index (κ2) is 13.6. The van der Waals surface area contributed by atoms with Crippen molar-refractivity contribution in [3.8, 4) is 23.0 Å². The molecule has 3 aromatic rings. The Bertz CT molecular complexity index is 1200. The summed E-state index contributed by atoms with van der Waals surface area (Å²) in [4.78, 5) is 12.6. The summed E-state index contributed by atoms with van der Waals surface area (Å²) in [6.07, 6.45) is 2.34. The number of nitrogens with one attached hydrogen (secondary N) is 1. The molecule has 0 aromatic heterocycles. The molecule has 1 N–H and O–H groups in total. The SMILES string of the molecule is CCCOc1ccc(C(=O)N/N=C/c2cc(Cl)c(OCc3ccc(Cl)cc3)c(OC)c2)cc1OCC. The van der Waals surface area contributed by atoms with Crippen molar-refractivity contribution >= 4 is 35.3 Å². The van der Waals surface area contributed by atoms with Crippen LogP contribution in [0.15, 0.2) is 59.7 Å². The second-order valence-corrected chi connectivity index (χ2v) is 8.44. The van der Waals surface area contributed by atoms with Crippen molar-refractivity contribution < 1.29 is 23.7 Å². The third-order valence-electron chi connectivity index (χ3n) is 4.90. The number of hydrogen-bond acceptors (Lipinski definition) is 6. The number of hydrazone groups is 1. The van der Waals surface area contributed by atoms with Gasteiger partial charge in [0.15, 0.2) is 23.0 Å². The van der Waals surface area contributed by atoms with Gasteiger partial charge in [-0.2, -0.15) is 5.10 Å². The summed E-state index contributed by atoms with van der Waals surface area (Å²) in [5.74, 6) is 1.56. The van der Waals surface area contributed by atoms with E-state index >= 15 is 0 Å². The highest BCUT2D eigenvalue weighted by molar-refractivity contribution is 6.32. The average Bonchev–Trinajstić information content (AvgIpc) is 2.88. The zero-order valence-corrected chi connectivity index (χ0v) is 21.9. The molecule has 3 rings (SSSR count). The molecule has 9 heteroatoms. The highest BCUT2D eigenvalue weighted by Crippen LogP contribution is 2.36. The van der Waals surface area contributed by atoms with Crippen LogP contribution in [0.1, 0.15) is 41.8 Å². The number of halogens is 2. The lowest BCUT2D eigenvalue weighted by atomic mass is 10.2. The molecule has 0 radical (unpaired) electrons. The van der Waals surface area contributed by atoms with E-state index in [1.54, 1.807) is 42.5 Å². The number of methoxy groups -OCH3 is 1. The molecule has 0 fully saturated rings. The van der Waals surface area contributed by atoms with Crippen LogP contribution < -0.4 is 24.4 Å². The van der Waals surface area contributed by atoms with Crippen molar-refractivity contribution in [1.29, 1.82) is 0 Å². The molecule has 0 unspecified atom stereocenters. The average molecular weight is 531 g/mol. The van der Waals surface area contributed by atoms with Crippen molar-refractivity contribution in [2.24, 2.45) is 5.10 Å². The molecule has 0 bridgehead atoms. The van der Waals surface area contributed by atoms with Gasteiger partial charge >= 0.3 is 0 Å². The lowest BCUT2D eigenvalue weighted by molar-refractivity contribution is 0.0954. The number of nitrogens with zero attached hydrogens (tertiary/aromatic N) is 1. The van der Waals surface area contributed by atoms with Crippen LogP contribution in [0.3, 0.4) is 0 Å². The predicted octanol–water partition coefficient (Wildman–Crippen LogP) is 6.53. The molecule has 0 aliphatic carbocycles. The summed E-state index contributed by atoms with van der Waals surface area (Å²) >= 11 is 12.4. The minimum absolute atomic E-state index is 0.294. The molecule has 0 atom stereocenters. The maximum Gasteiger partial charge on any atom is 0.271 e. The van der Waals surface area contributed by atoms with E-state index in [0.29, 0.717) is 64.0 Å². The van der Waals surface area contributed by atoms with Gasteiger partial charge in [0.2, 0.25) is 0 Å². The fourth-order valence-corrected chi connectivity index (χ4v) is 3.57. The Balaban J connectivity index is 1.67. The Labute approximate surface area is 220 Å². The highest BCUT2D eigenvalue weighted by Gasteiger charge is 2.13. The third kappa shape index (κ3) is 7.54. The zero-order valence-electron chi connectivity index (χ0n) is 20.3. The molecular weight excluding hydrogens is 503 g/mol. The lowest BCUT2D eigenvalue weighted by Crippen LogP contribution is -2.17. The summed E-state index contributed by atoms with van der Waals surface area (Å²) in [7, 11) is 1.52. The molecule has 0 heterocycles. The van der Waals surface area contributed by atoms with E-state index in [1.807, 2.05) is 26.0 Å². The van der Waals surface area contributed by atoms with Crippen LogP contribution in [0.2, 0.25) is 10.0 Å². The number of ether oxygens (including phenoxy) is 4. The summed E-state index contributed by atoms with van der Waals surface area (Å²) in [5.41, 5.74) is 4.45. The molecule has 0 saturated carbocycles. The number of carbonyl (C=O) groups excluding carboxylic acids is 1. The second-order valence-electron chi connectivity index (χ2n) is 7.59. The summed E-state index contributed by atoms with van der Waals surface area (Å²) in [5, 5.41) is 5.05. The first-order valence-corrected chi connectivity index (χ1v) is 12.2. The smallest absolute Gasteiger partial charge is 0.271 e. The summed E-state index contributed by atoms with van der Waals surface area (Å²) < 4.78 is 22.6. The molecule has 0 saturated heterocycles. The van der Waals surface area contributed by atoms with E-state index in [4.69, 9.17) is 42.1 Å². The van der Waals surface area contributed by atoms with Gasteiger partial charge in [0.05, 0.1) is 31.6 Å². The van der Waals surface area contributed by atoms with E-state index < -0.39 is 5.91 Å². The molecule has 7 nitrogen and oxygen atoms in total. The first kappa shape index (κ1) is 27.2. The van der Waals surface area contributed by atoms with Gasteiger partial charge in [-0.05, 0) is 66.9 Å². The van der Waals surface area contributed by atoms with Crippen molar-refractivity contribution in [3.05, 3.63) is 81.3 Å². The van der Waals surface area contributed by atoms with E-state index in [-0.39, 0.29) is 0 Å². The summed E-state index contributed by atoms with van der Waals surface area (Å²) in [6.45, 7) is 5.20. The van der Waals surface area contributed by atoms with E-state index in [0.717, 1.165) is 12.0 Å². The first-order chi connectivity index (χ1) is 17.4. The van der Waals surface area contributed by atoms with Crippen LogP contribution in [-0.4, -0.2) is 32.4 Å². The van der Waals surface area contributed by atoms with Gasteiger partial charge in [-0.1, -0.05) is 42.3 Å². The van der Waals surface area contributed by atoms with Crippen molar-refractivity contribution in [2.45, 2.75) is 26.9 Å². The predicted molar refractivity (Wildman–Crippen MR) is 142 cm³/mol. The third-order valence-corrected chi connectivity index (χ3v) is 5.43. The van der Waals surface area contributed by atoms with E-state index in [1.165, 1.54) is 13.3 Å². The van der Waals surface area contributed by atoms with Gasteiger partial charge in [0.25, 0.3) is 5.91 Å². The van der Waals surface area contributed by atoms with Gasteiger partial charge in [-0.15, -0.1) is 0 Å². The standard InChI is InChI=1S/C27H28Cl2N2O5/c1-4-12-35-23-11-8-20(15-24(23)34-5-2)27(32)31-30-16-19-13-22(29)26(25(14-19)33-3)36-17-18-6-9-21(28)10-7-18/h6-11,13-16H,4-5,12,17H2,1-3H3,(H,31,32)/b30-16+. The Hall–Kier alpha value is -3.42. The fraction of sp³-hybridized carbons (Fsp3) is 0.259. The number of carbonyl (C=O) groups is 1.